The van der Waals surface area contributed by atoms with Gasteiger partial charge in [-0.1, -0.05) is 18.2 Å². The molecule has 0 atom stereocenters. The first-order valence-corrected chi connectivity index (χ1v) is 19.4. The number of carbonyl (C=O) groups excluding carboxylic acids is 1. The van der Waals surface area contributed by atoms with Crippen molar-refractivity contribution in [2.45, 2.75) is 16.7 Å². The average molecular weight is 791 g/mol. The highest BCUT2D eigenvalue weighted by Crippen LogP contribution is 2.40. The van der Waals surface area contributed by atoms with E-state index in [4.69, 9.17) is 4.74 Å². The molecule has 0 fully saturated rings. The molecule has 17 nitrogen and oxygen atoms in total. The maximum absolute atomic E-state index is 13.5. The molecule has 278 valence electrons. The predicted octanol–water partition coefficient (Wildman–Crippen LogP) is 5.38. The SMILES string of the molecule is COc1cc(N=Nc2cc(S(=O)(=O)[O-])cc3cc(S(=O)(=O)[O-])cc(O)c23)c(C)cc1NN=C1C(=O)c2ccc(Nc3ccccc3)cc2C=C1S(=O)(=O)[O-]. The summed E-state index contributed by atoms with van der Waals surface area (Å²) in [6, 6.07) is 19.4. The summed E-state index contributed by atoms with van der Waals surface area (Å²) in [4.78, 5) is 10.9. The summed E-state index contributed by atoms with van der Waals surface area (Å²) < 4.78 is 113. The normalized spacial score (nSPS) is 14.3. The first kappa shape index (κ1) is 37.7. The van der Waals surface area contributed by atoms with Crippen molar-refractivity contribution >= 4 is 87.1 Å². The summed E-state index contributed by atoms with van der Waals surface area (Å²) in [5, 5.41) is 25.2. The van der Waals surface area contributed by atoms with E-state index in [1.807, 2.05) is 18.2 Å². The Bertz CT molecular complexity index is 2820. The smallest absolute Gasteiger partial charge is 0.215 e. The molecule has 0 spiro atoms. The lowest BCUT2D eigenvalue weighted by Gasteiger charge is -2.21. The number of phenols is 1. The molecule has 0 aromatic heterocycles. The largest absolute Gasteiger partial charge is 0.744 e. The third kappa shape index (κ3) is 7.83. The monoisotopic (exact) mass is 790 g/mol. The van der Waals surface area contributed by atoms with Gasteiger partial charge in [-0.3, -0.25) is 10.2 Å². The van der Waals surface area contributed by atoms with Crippen molar-refractivity contribution < 1.29 is 53.5 Å². The Labute approximate surface area is 307 Å². The average Bonchev–Trinajstić information content (AvgIpc) is 3.09. The van der Waals surface area contributed by atoms with Gasteiger partial charge in [0.05, 0.1) is 44.3 Å². The lowest BCUT2D eigenvalue weighted by atomic mass is 9.94. The minimum atomic E-state index is -5.21. The number of azo groups is 1. The van der Waals surface area contributed by atoms with Crippen LogP contribution in [0.1, 0.15) is 21.5 Å². The number of hydrazone groups is 1. The molecule has 20 heteroatoms. The van der Waals surface area contributed by atoms with Gasteiger partial charge in [-0.05, 0) is 90.2 Å². The van der Waals surface area contributed by atoms with Crippen LogP contribution in [0.5, 0.6) is 11.5 Å². The molecule has 0 bridgehead atoms. The van der Waals surface area contributed by atoms with Crippen LogP contribution in [0.4, 0.5) is 28.4 Å². The van der Waals surface area contributed by atoms with Gasteiger partial charge in [-0.25, -0.2) is 25.3 Å². The third-order valence-corrected chi connectivity index (χ3v) is 10.4. The summed E-state index contributed by atoms with van der Waals surface area (Å²) in [6.07, 6.45) is 1.05. The lowest BCUT2D eigenvalue weighted by molar-refractivity contribution is 0.106. The van der Waals surface area contributed by atoms with E-state index in [0.717, 1.165) is 30.0 Å². The lowest BCUT2D eigenvalue weighted by Crippen LogP contribution is -2.27. The summed E-state index contributed by atoms with van der Waals surface area (Å²) in [6.45, 7) is 1.54. The van der Waals surface area contributed by atoms with Gasteiger partial charge in [0.25, 0.3) is 0 Å². The number of hydrogen-bond donors (Lipinski definition) is 3. The van der Waals surface area contributed by atoms with Crippen LogP contribution in [0.2, 0.25) is 0 Å². The standard InChI is InChI=1S/C34H27N5O12S3/c1-18-10-27(37-39-33-31(54(48,49)50)14-19-11-22(8-9-25(19)34(33)41)35-21-6-4-3-5-7-21)30(51-2)17-26(18)36-38-28-15-23(52(42,43)44)12-20-13-24(53(45,46)47)16-29(40)32(20)28/h3-17,35,37,40H,1-2H3,(H,42,43,44)(H,45,46,47)(H,48,49,50)/p-3. The van der Waals surface area contributed by atoms with E-state index < -0.39 is 62.3 Å². The number of carbonyl (C=O) groups is 1. The number of ketones is 1. The maximum atomic E-state index is 13.5. The van der Waals surface area contributed by atoms with Gasteiger partial charge in [-0.2, -0.15) is 10.2 Å². The molecule has 0 unspecified atom stereocenters. The molecule has 0 aliphatic heterocycles. The minimum Gasteiger partial charge on any atom is -0.744 e. The second-order valence-electron chi connectivity index (χ2n) is 11.6. The zero-order valence-corrected chi connectivity index (χ0v) is 30.1. The van der Waals surface area contributed by atoms with Gasteiger partial charge in [0, 0.05) is 23.0 Å². The Balaban J connectivity index is 1.35. The van der Waals surface area contributed by atoms with Crippen molar-refractivity contribution in [3.8, 4) is 11.5 Å². The molecule has 1 aliphatic carbocycles. The Kier molecular flexibility index (Phi) is 9.83. The Morgan fingerprint density at radius 3 is 2.02 bits per heavy atom. The van der Waals surface area contributed by atoms with Crippen molar-refractivity contribution in [3.63, 3.8) is 0 Å². The molecule has 1 aliphatic rings. The van der Waals surface area contributed by atoms with E-state index in [2.05, 4.69) is 26.1 Å². The molecule has 5 aromatic carbocycles. The van der Waals surface area contributed by atoms with E-state index in [1.165, 1.54) is 31.4 Å². The van der Waals surface area contributed by atoms with E-state index >= 15 is 0 Å². The summed E-state index contributed by atoms with van der Waals surface area (Å²) in [5.74, 6) is -1.60. The van der Waals surface area contributed by atoms with Crippen molar-refractivity contribution in [2.24, 2.45) is 15.3 Å². The van der Waals surface area contributed by atoms with E-state index in [0.29, 0.717) is 17.3 Å². The number of nitrogens with one attached hydrogen (secondary N) is 2. The number of aryl methyl sites for hydroxylation is 1. The van der Waals surface area contributed by atoms with Crippen LogP contribution in [0.15, 0.2) is 115 Å². The number of Topliss-reactive ketones (excluding diaryl/α,β-unsaturated/α-hetero) is 1. The van der Waals surface area contributed by atoms with Gasteiger partial charge in [0.15, 0.2) is 0 Å². The Hall–Kier alpha value is -6.03. The molecule has 3 N–H and O–H groups in total. The zero-order chi connectivity index (χ0) is 39.2. The fourth-order valence-electron chi connectivity index (χ4n) is 5.45. The number of hydrogen-bond acceptors (Lipinski definition) is 17. The van der Waals surface area contributed by atoms with Crippen LogP contribution in [0.3, 0.4) is 0 Å². The first-order valence-electron chi connectivity index (χ1n) is 15.2. The number of aromatic hydroxyl groups is 1. The highest BCUT2D eigenvalue weighted by Gasteiger charge is 2.30. The maximum Gasteiger partial charge on any atom is 0.215 e. The fourth-order valence-corrected chi connectivity index (χ4v) is 7.15. The second kappa shape index (κ2) is 14.1. The molecular weight excluding hydrogens is 767 g/mol. The molecule has 0 radical (unpaired) electrons. The van der Waals surface area contributed by atoms with Crippen molar-refractivity contribution in [1.29, 1.82) is 0 Å². The van der Waals surface area contributed by atoms with Crippen LogP contribution in [-0.2, 0) is 30.4 Å². The molecule has 6 rings (SSSR count). The number of nitrogens with zero attached hydrogens (tertiary/aromatic N) is 3. The highest BCUT2D eigenvalue weighted by molar-refractivity contribution is 7.91. The number of ether oxygens (including phenoxy) is 1. The number of fused-ring (bicyclic) bond motifs is 2. The Morgan fingerprint density at radius 1 is 0.741 bits per heavy atom. The number of rotatable bonds is 10. The summed E-state index contributed by atoms with van der Waals surface area (Å²) >= 11 is 0. The second-order valence-corrected chi connectivity index (χ2v) is 15.7. The van der Waals surface area contributed by atoms with Crippen LogP contribution in [0.25, 0.3) is 16.8 Å². The van der Waals surface area contributed by atoms with Crippen LogP contribution in [0, 0.1) is 6.92 Å². The van der Waals surface area contributed by atoms with Crippen molar-refractivity contribution in [2.75, 3.05) is 17.9 Å². The minimum absolute atomic E-state index is 0.0172. The molecule has 0 amide bonds. The molecule has 0 heterocycles. The number of anilines is 3. The summed E-state index contributed by atoms with van der Waals surface area (Å²) in [5.41, 5.74) is 3.52. The van der Waals surface area contributed by atoms with E-state index in [-0.39, 0.29) is 44.7 Å². The molecule has 0 saturated heterocycles. The van der Waals surface area contributed by atoms with Crippen molar-refractivity contribution in [1.82, 2.24) is 0 Å². The van der Waals surface area contributed by atoms with Gasteiger partial charge in [0.1, 0.15) is 47.6 Å². The molecular formula is C34H24N5O12S3-3. The number of benzene rings is 5. The van der Waals surface area contributed by atoms with Gasteiger partial charge in [-0.15, -0.1) is 5.11 Å². The van der Waals surface area contributed by atoms with Crippen LogP contribution >= 0.6 is 0 Å². The Morgan fingerprint density at radius 2 is 1.39 bits per heavy atom. The van der Waals surface area contributed by atoms with Crippen molar-refractivity contribution in [3.05, 3.63) is 107 Å². The zero-order valence-electron chi connectivity index (χ0n) is 27.7. The quantitative estimate of drug-likeness (QED) is 0.0910. The number of phenolic OH excluding ortho intramolecular Hbond substituents is 1. The fraction of sp³-hybridized carbons (Fsp3) is 0.0588. The van der Waals surface area contributed by atoms with Gasteiger partial charge < -0.3 is 28.8 Å². The number of para-hydroxylation sites is 1. The van der Waals surface area contributed by atoms with E-state index in [9.17, 15) is 48.8 Å². The van der Waals surface area contributed by atoms with Crippen LogP contribution < -0.4 is 15.5 Å². The first-order chi connectivity index (χ1) is 25.3. The predicted molar refractivity (Wildman–Crippen MR) is 193 cm³/mol. The highest BCUT2D eigenvalue weighted by atomic mass is 32.2. The molecule has 5 aromatic rings. The van der Waals surface area contributed by atoms with Gasteiger partial charge >= 0.3 is 0 Å². The van der Waals surface area contributed by atoms with Gasteiger partial charge in [0.2, 0.25) is 5.78 Å². The van der Waals surface area contributed by atoms with E-state index in [1.54, 1.807) is 25.1 Å². The third-order valence-electron chi connectivity index (χ3n) is 7.97. The van der Waals surface area contributed by atoms with Crippen LogP contribution in [-0.4, -0.2) is 62.6 Å². The molecule has 54 heavy (non-hydrogen) atoms. The number of allylic oxidation sites excluding steroid dienone is 1. The number of methoxy groups -OCH3 is 1. The molecule has 0 saturated carbocycles. The topological polar surface area (TPSA) is 279 Å². The summed E-state index contributed by atoms with van der Waals surface area (Å²) in [7, 11) is -14.2.